The average molecular weight is 514 g/mol. The van der Waals surface area contributed by atoms with Crippen molar-refractivity contribution >= 4 is 20.0 Å². The van der Waals surface area contributed by atoms with Crippen molar-refractivity contribution < 1.29 is 43.2 Å². The van der Waals surface area contributed by atoms with Gasteiger partial charge in [0.05, 0.1) is 12.3 Å². The van der Waals surface area contributed by atoms with Gasteiger partial charge in [-0.1, -0.05) is 58.0 Å². The maximum atomic E-state index is 13.0. The molecule has 0 saturated carbocycles. The Hall–Kier alpha value is -1.42. The molecule has 0 fully saturated rings. The third kappa shape index (κ3) is 7.30. The highest BCUT2D eigenvalue weighted by molar-refractivity contribution is 7.90. The largest absolute Gasteiger partial charge is 0.511 e. The number of sulfonamides is 2. The van der Waals surface area contributed by atoms with Crippen molar-refractivity contribution in [2.75, 3.05) is 0 Å². The number of hydrogen-bond donors (Lipinski definition) is 2. The molecule has 32 heavy (non-hydrogen) atoms. The van der Waals surface area contributed by atoms with E-state index < -0.39 is 55.2 Å². The van der Waals surface area contributed by atoms with Crippen molar-refractivity contribution in [1.82, 2.24) is 14.3 Å². The van der Waals surface area contributed by atoms with Crippen LogP contribution < -0.4 is 9.44 Å². The molecule has 0 amide bonds. The summed E-state index contributed by atoms with van der Waals surface area (Å²) >= 11 is 0. The fraction of sp³-hybridized carbons (Fsp3) is 0.647. The summed E-state index contributed by atoms with van der Waals surface area (Å²) in [6, 6.07) is 7.76. The summed E-state index contributed by atoms with van der Waals surface area (Å²) in [5, 5.41) is 0. The van der Waals surface area contributed by atoms with E-state index in [1.165, 1.54) is 49.3 Å². The van der Waals surface area contributed by atoms with Crippen molar-refractivity contribution in [2.24, 2.45) is 11.8 Å². The minimum absolute atomic E-state index is 0.354. The number of nitrogens with zero attached hydrogens (tertiary/aromatic N) is 1. The van der Waals surface area contributed by atoms with E-state index in [1.54, 1.807) is 18.2 Å². The first-order valence-corrected chi connectivity index (χ1v) is 12.2. The predicted octanol–water partition coefficient (Wildman–Crippen LogP) is 3.33. The maximum absolute atomic E-state index is 13.0. The molecule has 0 heterocycles. The Kier molecular flexibility index (Phi) is 9.15. The van der Waals surface area contributed by atoms with E-state index in [2.05, 4.69) is 0 Å². The number of rotatable bonds is 10. The molecule has 2 atom stereocenters. The molecule has 2 N–H and O–H groups in total. The average Bonchev–Trinajstić information content (AvgIpc) is 2.61. The van der Waals surface area contributed by atoms with Crippen LogP contribution in [0.1, 0.15) is 33.3 Å². The quantitative estimate of drug-likeness (QED) is 0.370. The molecule has 1 aromatic rings. The summed E-state index contributed by atoms with van der Waals surface area (Å²) in [6.45, 7) is 5.02. The van der Waals surface area contributed by atoms with Gasteiger partial charge in [-0.2, -0.15) is 35.8 Å². The number of nitrogens with one attached hydrogen (secondary N) is 2. The molecule has 0 bridgehead atoms. The van der Waals surface area contributed by atoms with Crippen LogP contribution in [-0.2, 0) is 26.6 Å². The molecule has 0 saturated heterocycles. The van der Waals surface area contributed by atoms with E-state index in [1.807, 2.05) is 0 Å². The predicted molar refractivity (Wildman–Crippen MR) is 105 cm³/mol. The molecule has 15 heteroatoms. The third-order valence-corrected chi connectivity index (χ3v) is 6.67. The van der Waals surface area contributed by atoms with Gasteiger partial charge < -0.3 is 0 Å². The van der Waals surface area contributed by atoms with Crippen LogP contribution in [0.2, 0.25) is 0 Å². The van der Waals surface area contributed by atoms with Gasteiger partial charge >= 0.3 is 31.1 Å². The summed E-state index contributed by atoms with van der Waals surface area (Å²) in [4.78, 5) is 0.928. The Morgan fingerprint density at radius 1 is 0.750 bits per heavy atom. The van der Waals surface area contributed by atoms with E-state index in [0.717, 1.165) is 4.90 Å². The fourth-order valence-electron chi connectivity index (χ4n) is 2.79. The van der Waals surface area contributed by atoms with Crippen LogP contribution in [0, 0.1) is 11.8 Å². The molecule has 0 aliphatic heterocycles. The zero-order valence-electron chi connectivity index (χ0n) is 17.6. The van der Waals surface area contributed by atoms with Gasteiger partial charge in [-0.25, -0.2) is 16.8 Å². The van der Waals surface area contributed by atoms with E-state index in [9.17, 15) is 43.2 Å². The van der Waals surface area contributed by atoms with Crippen molar-refractivity contribution in [3.63, 3.8) is 0 Å². The van der Waals surface area contributed by atoms with Gasteiger partial charge in [-0.15, -0.1) is 0 Å². The SMILES string of the molecule is CC(C)[C@H](NS(=O)(=O)C(F)(F)F)N(Cc1ccccc1)[C@@H](NS(=O)(=O)C(F)(F)F)C(C)C. The van der Waals surface area contributed by atoms with E-state index >= 15 is 0 Å². The number of benzene rings is 1. The van der Waals surface area contributed by atoms with Crippen LogP contribution in [0.5, 0.6) is 0 Å². The molecule has 7 nitrogen and oxygen atoms in total. The van der Waals surface area contributed by atoms with E-state index in [0.29, 0.717) is 5.56 Å². The van der Waals surface area contributed by atoms with Gasteiger partial charge in [-0.3, -0.25) is 4.90 Å². The van der Waals surface area contributed by atoms with E-state index in [-0.39, 0.29) is 6.54 Å². The molecule has 0 aromatic heterocycles. The summed E-state index contributed by atoms with van der Waals surface area (Å²) in [6.07, 6.45) is -3.41. The molecule has 0 aliphatic rings. The highest BCUT2D eigenvalue weighted by atomic mass is 32.2. The number of alkyl halides is 6. The lowest BCUT2D eigenvalue weighted by Crippen LogP contribution is -2.62. The second-order valence-electron chi connectivity index (χ2n) is 7.67. The van der Waals surface area contributed by atoms with Gasteiger partial charge in [-0.05, 0) is 17.4 Å². The summed E-state index contributed by atoms with van der Waals surface area (Å²) in [5.41, 5.74) is -11.0. The standard InChI is InChI=1S/C17H25F6N3O4S2/c1-11(2)14(24-31(27,28)16(18,19)20)26(10-13-8-6-5-7-9-13)15(12(3)4)25-32(29,30)17(21,22)23/h5-9,11-12,14-15,24-25H,10H2,1-4H3/t14-,15-/m1/s1. The Labute approximate surface area is 183 Å². The van der Waals surface area contributed by atoms with E-state index in [4.69, 9.17) is 0 Å². The van der Waals surface area contributed by atoms with Crippen LogP contribution in [0.4, 0.5) is 26.3 Å². The molecule has 186 valence electrons. The normalized spacial score (nSPS) is 16.0. The third-order valence-electron chi connectivity index (χ3n) is 4.35. The first-order valence-electron chi connectivity index (χ1n) is 9.27. The van der Waals surface area contributed by atoms with Gasteiger partial charge in [0, 0.05) is 6.54 Å². The molecular weight excluding hydrogens is 488 g/mol. The first-order chi connectivity index (χ1) is 14.3. The van der Waals surface area contributed by atoms with Gasteiger partial charge in [0.25, 0.3) is 0 Å². The van der Waals surface area contributed by atoms with Crippen LogP contribution in [0.3, 0.4) is 0 Å². The second-order valence-corrected chi connectivity index (χ2v) is 11.1. The topological polar surface area (TPSA) is 95.6 Å². The van der Waals surface area contributed by atoms with Crippen molar-refractivity contribution in [2.45, 2.75) is 57.6 Å². The molecule has 1 rings (SSSR count). The van der Waals surface area contributed by atoms with Gasteiger partial charge in [0.15, 0.2) is 0 Å². The number of hydrogen-bond acceptors (Lipinski definition) is 5. The maximum Gasteiger partial charge on any atom is 0.511 e. The van der Waals surface area contributed by atoms with Gasteiger partial charge in [0.2, 0.25) is 0 Å². The monoisotopic (exact) mass is 513 g/mol. The number of halogens is 6. The van der Waals surface area contributed by atoms with Crippen molar-refractivity contribution in [3.05, 3.63) is 35.9 Å². The van der Waals surface area contributed by atoms with Crippen LogP contribution in [0.25, 0.3) is 0 Å². The van der Waals surface area contributed by atoms with Crippen molar-refractivity contribution in [1.29, 1.82) is 0 Å². The Balaban J connectivity index is 3.58. The molecule has 0 unspecified atom stereocenters. The second kappa shape index (κ2) is 10.2. The molecular formula is C17H25F6N3O4S2. The van der Waals surface area contributed by atoms with Crippen LogP contribution in [-0.4, -0.2) is 45.1 Å². The Bertz CT molecular complexity index is 891. The minimum atomic E-state index is -5.90. The minimum Gasteiger partial charge on any atom is -0.266 e. The summed E-state index contributed by atoms with van der Waals surface area (Å²) in [5.74, 6) is -1.79. The van der Waals surface area contributed by atoms with Crippen LogP contribution >= 0.6 is 0 Å². The Morgan fingerprint density at radius 2 is 1.09 bits per heavy atom. The molecule has 0 radical (unpaired) electrons. The lowest BCUT2D eigenvalue weighted by molar-refractivity contribution is -0.0490. The fourth-order valence-corrected chi connectivity index (χ4v) is 4.51. The smallest absolute Gasteiger partial charge is 0.266 e. The zero-order valence-corrected chi connectivity index (χ0v) is 19.2. The highest BCUT2D eigenvalue weighted by Crippen LogP contribution is 2.28. The molecule has 0 spiro atoms. The summed E-state index contributed by atoms with van der Waals surface area (Å²) < 4.78 is 128. The lowest BCUT2D eigenvalue weighted by Gasteiger charge is -2.42. The zero-order chi connectivity index (χ0) is 25.1. The van der Waals surface area contributed by atoms with Crippen molar-refractivity contribution in [3.8, 4) is 0 Å². The Morgan fingerprint density at radius 3 is 1.38 bits per heavy atom. The van der Waals surface area contributed by atoms with Gasteiger partial charge in [0.1, 0.15) is 0 Å². The highest BCUT2D eigenvalue weighted by Gasteiger charge is 2.51. The molecule has 0 aliphatic carbocycles. The lowest BCUT2D eigenvalue weighted by atomic mass is 10.0. The molecule has 1 aromatic carbocycles. The summed E-state index contributed by atoms with van der Waals surface area (Å²) in [7, 11) is -11.8. The van der Waals surface area contributed by atoms with Crippen LogP contribution in [0.15, 0.2) is 30.3 Å². The first kappa shape index (κ1) is 28.6.